The van der Waals surface area contributed by atoms with Crippen molar-refractivity contribution in [3.63, 3.8) is 0 Å². The van der Waals surface area contributed by atoms with Gasteiger partial charge in [-0.3, -0.25) is 34.2 Å². The number of aromatic nitrogens is 3. The van der Waals surface area contributed by atoms with Crippen LogP contribution in [0.25, 0.3) is 5.65 Å². The van der Waals surface area contributed by atoms with Crippen molar-refractivity contribution in [2.75, 3.05) is 61.2 Å². The number of imidazole rings is 1. The summed E-state index contributed by atoms with van der Waals surface area (Å²) < 4.78 is 7.42. The number of carbonyl (C=O) groups is 3. The molecule has 14 nitrogen and oxygen atoms in total. The molecule has 3 aliphatic rings. The van der Waals surface area contributed by atoms with Crippen LogP contribution in [0.4, 0.5) is 27.7 Å². The van der Waals surface area contributed by atoms with Crippen LogP contribution in [0.2, 0.25) is 5.02 Å². The number of anilines is 4. The van der Waals surface area contributed by atoms with Crippen molar-refractivity contribution in [1.82, 2.24) is 24.6 Å². The van der Waals surface area contributed by atoms with Gasteiger partial charge in [0, 0.05) is 86.8 Å². The van der Waals surface area contributed by atoms with E-state index in [2.05, 4.69) is 38.5 Å². The Morgan fingerprint density at radius 2 is 1.91 bits per heavy atom. The number of rotatable bonds is 10. The van der Waals surface area contributed by atoms with Crippen LogP contribution >= 0.6 is 11.6 Å². The summed E-state index contributed by atoms with van der Waals surface area (Å²) in [5.74, 6) is 1.13. The molecule has 5 heterocycles. The van der Waals surface area contributed by atoms with Crippen LogP contribution in [-0.4, -0.2) is 95.7 Å². The van der Waals surface area contributed by atoms with Crippen LogP contribution < -0.4 is 30.9 Å². The van der Waals surface area contributed by atoms with E-state index in [4.69, 9.17) is 32.0 Å². The van der Waals surface area contributed by atoms with Crippen LogP contribution in [-0.2, 0) is 4.79 Å². The molecule has 15 heteroatoms. The fourth-order valence-corrected chi connectivity index (χ4v) is 7.87. The van der Waals surface area contributed by atoms with Gasteiger partial charge in [-0.15, -0.1) is 0 Å². The maximum atomic E-state index is 12.9. The van der Waals surface area contributed by atoms with Gasteiger partial charge >= 0.3 is 6.03 Å². The molecule has 3 aromatic heterocycles. The lowest BCUT2D eigenvalue weighted by Gasteiger charge is -2.39. The molecular formula is C38H45ClN10O4. The van der Waals surface area contributed by atoms with E-state index in [1.165, 1.54) is 19.5 Å². The molecule has 1 saturated carbocycles. The molecule has 4 aromatic rings. The number of nitrogens with zero attached hydrogens (tertiary/aromatic N) is 7. The molecule has 53 heavy (non-hydrogen) atoms. The van der Waals surface area contributed by atoms with Gasteiger partial charge in [-0.2, -0.15) is 0 Å². The average Bonchev–Trinajstić information content (AvgIpc) is 3.59. The number of fused-ring (bicyclic) bond motifs is 1. The van der Waals surface area contributed by atoms with Gasteiger partial charge in [-0.05, 0) is 75.8 Å². The number of aliphatic imine (C=N–C) groups is 1. The Morgan fingerprint density at radius 3 is 2.64 bits per heavy atom. The number of ether oxygens (including phenoxy) is 1. The second-order valence-electron chi connectivity index (χ2n) is 14.1. The Morgan fingerprint density at radius 1 is 1.11 bits per heavy atom. The lowest BCUT2D eigenvalue weighted by molar-refractivity contribution is -0.120. The van der Waals surface area contributed by atoms with Crippen molar-refractivity contribution in [3.05, 3.63) is 71.3 Å². The molecule has 2 saturated heterocycles. The van der Waals surface area contributed by atoms with Crippen molar-refractivity contribution < 1.29 is 19.1 Å². The zero-order valence-corrected chi connectivity index (χ0v) is 30.8. The smallest absolute Gasteiger partial charge is 0.329 e. The van der Waals surface area contributed by atoms with Crippen molar-refractivity contribution in [1.29, 1.82) is 0 Å². The van der Waals surface area contributed by atoms with E-state index in [1.54, 1.807) is 29.3 Å². The molecule has 0 spiro atoms. The summed E-state index contributed by atoms with van der Waals surface area (Å²) in [6.45, 7) is 3.25. The molecule has 2 aliphatic heterocycles. The first kappa shape index (κ1) is 36.2. The summed E-state index contributed by atoms with van der Waals surface area (Å²) in [7, 11) is 3.79. The summed E-state index contributed by atoms with van der Waals surface area (Å²) in [4.78, 5) is 57.1. The van der Waals surface area contributed by atoms with Gasteiger partial charge in [0.15, 0.2) is 5.65 Å². The van der Waals surface area contributed by atoms with Gasteiger partial charge < -0.3 is 25.6 Å². The van der Waals surface area contributed by atoms with Crippen molar-refractivity contribution >= 4 is 64.2 Å². The predicted octanol–water partition coefficient (Wildman–Crippen LogP) is 5.25. The number of nitrogens with one attached hydrogen (secondary N) is 2. The zero-order chi connectivity index (χ0) is 37.1. The van der Waals surface area contributed by atoms with Crippen LogP contribution in [0, 0.1) is 5.92 Å². The van der Waals surface area contributed by atoms with E-state index >= 15 is 0 Å². The normalized spacial score (nSPS) is 20.0. The summed E-state index contributed by atoms with van der Waals surface area (Å²) in [5, 5.41) is 5.66. The first-order valence-corrected chi connectivity index (χ1v) is 18.5. The summed E-state index contributed by atoms with van der Waals surface area (Å²) in [5.41, 5.74) is 10.3. The monoisotopic (exact) mass is 740 g/mol. The van der Waals surface area contributed by atoms with E-state index in [0.29, 0.717) is 52.0 Å². The Kier molecular flexibility index (Phi) is 10.8. The molecule has 0 atom stereocenters. The Balaban J connectivity index is 0.899. The number of hydrogen-bond acceptors (Lipinski definition) is 10. The molecule has 1 aromatic carbocycles. The highest BCUT2D eigenvalue weighted by atomic mass is 35.5. The van der Waals surface area contributed by atoms with E-state index in [0.717, 1.165) is 75.1 Å². The molecule has 0 radical (unpaired) electrons. The highest BCUT2D eigenvalue weighted by molar-refractivity contribution is 6.30. The molecule has 278 valence electrons. The zero-order valence-electron chi connectivity index (χ0n) is 30.0. The minimum atomic E-state index is -0.413. The minimum Gasteiger partial charge on any atom is -0.494 e. The Bertz CT molecular complexity index is 2020. The second kappa shape index (κ2) is 15.8. The molecule has 4 N–H and O–H groups in total. The lowest BCUT2D eigenvalue weighted by atomic mass is 9.85. The molecule has 0 unspecified atom stereocenters. The van der Waals surface area contributed by atoms with Gasteiger partial charge in [-0.25, -0.2) is 9.78 Å². The quantitative estimate of drug-likeness (QED) is 0.146. The minimum absolute atomic E-state index is 0.217. The van der Waals surface area contributed by atoms with Gasteiger partial charge in [0.05, 0.1) is 35.3 Å². The standard InChI is InChI=1S/C38H45ClN10O4/c1-46(29-9-13-47(14-10-29)32-4-3-12-48-35(22-43-36(32)48)49-15-11-34(50)45-38(49)52)23-24-5-7-28(8-6-24)42-20-25-17-31(33(53-2)18-30(25)40)44-37(51)26-16-27(39)21-41-19-26/h3-4,12,16-22,24,28-29H,5-11,13-15,23,40H2,1-2H3,(H,44,51)(H,45,50,52). The van der Waals surface area contributed by atoms with Crippen molar-refractivity contribution in [2.24, 2.45) is 10.9 Å². The van der Waals surface area contributed by atoms with E-state index in [1.807, 2.05) is 22.9 Å². The number of benzene rings is 1. The van der Waals surface area contributed by atoms with Crippen LogP contribution in [0.5, 0.6) is 5.75 Å². The largest absolute Gasteiger partial charge is 0.494 e. The number of piperidine rings is 1. The number of urea groups is 1. The van der Waals surface area contributed by atoms with Gasteiger partial charge in [0.25, 0.3) is 5.91 Å². The fraction of sp³-hybridized carbons (Fsp3) is 0.421. The first-order valence-electron chi connectivity index (χ1n) is 18.1. The van der Waals surface area contributed by atoms with Gasteiger partial charge in [0.1, 0.15) is 11.6 Å². The van der Waals surface area contributed by atoms with Crippen molar-refractivity contribution in [3.8, 4) is 5.75 Å². The third-order valence-electron chi connectivity index (χ3n) is 10.7. The van der Waals surface area contributed by atoms with Crippen molar-refractivity contribution in [2.45, 2.75) is 57.0 Å². The maximum Gasteiger partial charge on any atom is 0.329 e. The molecule has 0 bridgehead atoms. The Hall–Kier alpha value is -5.21. The number of pyridine rings is 2. The number of methoxy groups -OCH3 is 1. The van der Waals surface area contributed by atoms with Crippen LogP contribution in [0.1, 0.15) is 60.9 Å². The first-order chi connectivity index (χ1) is 25.7. The van der Waals surface area contributed by atoms with E-state index < -0.39 is 6.03 Å². The SMILES string of the molecule is COc1cc(N)c(C=NC2CCC(CN(C)C3CCN(c4cccn5c(N6CCC(=O)NC6=O)cnc45)CC3)CC2)cc1NC(=O)c1cncc(Cl)c1. The fourth-order valence-electron chi connectivity index (χ4n) is 7.70. The highest BCUT2D eigenvalue weighted by Gasteiger charge is 2.30. The average molecular weight is 741 g/mol. The molecule has 3 fully saturated rings. The Labute approximate surface area is 313 Å². The maximum absolute atomic E-state index is 12.9. The predicted molar refractivity (Wildman–Crippen MR) is 207 cm³/mol. The highest BCUT2D eigenvalue weighted by Crippen LogP contribution is 2.33. The summed E-state index contributed by atoms with van der Waals surface area (Å²) >= 11 is 6.02. The topological polar surface area (TPSA) is 163 Å². The molecule has 1 aliphatic carbocycles. The number of halogens is 1. The number of amides is 4. The number of hydrogen-bond donors (Lipinski definition) is 3. The molecule has 7 rings (SSSR count). The number of carbonyl (C=O) groups excluding carboxylic acids is 3. The van der Waals surface area contributed by atoms with E-state index in [-0.39, 0.29) is 24.3 Å². The summed E-state index contributed by atoms with van der Waals surface area (Å²) in [6.07, 6.45) is 15.0. The number of imide groups is 1. The second-order valence-corrected chi connectivity index (χ2v) is 14.5. The van der Waals surface area contributed by atoms with Crippen LogP contribution in [0.15, 0.2) is 60.1 Å². The molecule has 4 amide bonds. The van der Waals surface area contributed by atoms with Gasteiger partial charge in [-0.1, -0.05) is 11.6 Å². The van der Waals surface area contributed by atoms with Crippen LogP contribution in [0.3, 0.4) is 0 Å². The van der Waals surface area contributed by atoms with E-state index in [9.17, 15) is 14.4 Å². The lowest BCUT2D eigenvalue weighted by Crippen LogP contribution is -2.50. The summed E-state index contributed by atoms with van der Waals surface area (Å²) in [6, 6.07) is 9.43. The number of nitrogens with two attached hydrogens (primary N) is 1. The molecular weight excluding hydrogens is 696 g/mol. The van der Waals surface area contributed by atoms with Gasteiger partial charge in [0.2, 0.25) is 5.91 Å². The third-order valence-corrected chi connectivity index (χ3v) is 10.9. The third kappa shape index (κ3) is 8.08. The number of nitrogen functional groups attached to an aromatic ring is 1.